The first-order valence-corrected chi connectivity index (χ1v) is 8.55. The molecule has 0 heterocycles. The number of halogens is 1. The second-order valence-corrected chi connectivity index (χ2v) is 6.14. The minimum absolute atomic E-state index is 0.112. The minimum atomic E-state index is -0.640. The molecule has 3 aromatic carbocycles. The predicted molar refractivity (Wildman–Crippen MR) is 102 cm³/mol. The Balaban J connectivity index is 1.79. The average Bonchev–Trinajstić information content (AvgIpc) is 2.70. The number of rotatable bonds is 7. The van der Waals surface area contributed by atoms with Crippen LogP contribution in [0.1, 0.15) is 29.7 Å². The summed E-state index contributed by atoms with van der Waals surface area (Å²) in [6.07, 6.45) is -0.160. The molecule has 0 aliphatic heterocycles. The Morgan fingerprint density at radius 3 is 2.15 bits per heavy atom. The second-order valence-electron chi connectivity index (χ2n) is 6.14. The van der Waals surface area contributed by atoms with E-state index in [0.29, 0.717) is 6.42 Å². The van der Waals surface area contributed by atoms with Gasteiger partial charge in [-0.3, -0.25) is 0 Å². The maximum atomic E-state index is 13.2. The Labute approximate surface area is 153 Å². The van der Waals surface area contributed by atoms with Gasteiger partial charge in [0.15, 0.2) is 0 Å². The van der Waals surface area contributed by atoms with Crippen molar-refractivity contribution < 1.29 is 14.2 Å². The van der Waals surface area contributed by atoms with E-state index < -0.39 is 6.10 Å². The molecule has 0 radical (unpaired) electrons. The van der Waals surface area contributed by atoms with Gasteiger partial charge in [0.1, 0.15) is 11.6 Å². The lowest BCUT2D eigenvalue weighted by Gasteiger charge is -2.23. The molecule has 4 heteroatoms. The van der Waals surface area contributed by atoms with Gasteiger partial charge in [-0.15, -0.1) is 0 Å². The summed E-state index contributed by atoms with van der Waals surface area (Å²) in [7, 11) is 1.61. The lowest BCUT2D eigenvalue weighted by Crippen LogP contribution is -2.15. The molecule has 0 saturated heterocycles. The van der Waals surface area contributed by atoms with E-state index in [1.807, 2.05) is 54.6 Å². The topological polar surface area (TPSA) is 41.5 Å². The number of ether oxygens (including phenoxy) is 1. The molecule has 0 aliphatic rings. The van der Waals surface area contributed by atoms with Crippen molar-refractivity contribution in [2.24, 2.45) is 0 Å². The molecule has 26 heavy (non-hydrogen) atoms. The number of methoxy groups -OCH3 is 1. The SMILES string of the molecule is COc1ccc(C(O)CC(Nc2ccc(F)cc2)c2ccccc2)cc1. The zero-order chi connectivity index (χ0) is 18.4. The number of aliphatic hydroxyl groups is 1. The van der Waals surface area contributed by atoms with Crippen LogP contribution < -0.4 is 10.1 Å². The third kappa shape index (κ3) is 4.61. The second kappa shape index (κ2) is 8.50. The van der Waals surface area contributed by atoms with Gasteiger partial charge in [-0.25, -0.2) is 4.39 Å². The van der Waals surface area contributed by atoms with Gasteiger partial charge in [0, 0.05) is 12.1 Å². The molecule has 0 saturated carbocycles. The lowest BCUT2D eigenvalue weighted by atomic mass is 9.96. The zero-order valence-electron chi connectivity index (χ0n) is 14.6. The molecular weight excluding hydrogens is 329 g/mol. The van der Waals surface area contributed by atoms with Gasteiger partial charge in [-0.05, 0) is 47.5 Å². The summed E-state index contributed by atoms with van der Waals surface area (Å²) in [5.74, 6) is 0.482. The molecule has 3 rings (SSSR count). The fraction of sp³-hybridized carbons (Fsp3) is 0.182. The molecule has 2 N–H and O–H groups in total. The first kappa shape index (κ1) is 18.0. The Morgan fingerprint density at radius 2 is 1.54 bits per heavy atom. The van der Waals surface area contributed by atoms with E-state index >= 15 is 0 Å². The highest BCUT2D eigenvalue weighted by Gasteiger charge is 2.18. The van der Waals surface area contributed by atoms with Gasteiger partial charge in [-0.2, -0.15) is 0 Å². The van der Waals surface area contributed by atoms with Crippen LogP contribution in [0.2, 0.25) is 0 Å². The van der Waals surface area contributed by atoms with Crippen LogP contribution in [0.15, 0.2) is 78.9 Å². The summed E-state index contributed by atoms with van der Waals surface area (Å²) in [5.41, 5.74) is 2.69. The molecule has 0 aliphatic carbocycles. The van der Waals surface area contributed by atoms with E-state index in [2.05, 4.69) is 5.32 Å². The van der Waals surface area contributed by atoms with Crippen LogP contribution in [0.5, 0.6) is 5.75 Å². The summed E-state index contributed by atoms with van der Waals surface area (Å²) >= 11 is 0. The normalized spacial score (nSPS) is 13.0. The minimum Gasteiger partial charge on any atom is -0.497 e. The Bertz CT molecular complexity index is 804. The van der Waals surface area contributed by atoms with Gasteiger partial charge < -0.3 is 15.2 Å². The number of benzene rings is 3. The maximum Gasteiger partial charge on any atom is 0.123 e. The van der Waals surface area contributed by atoms with Crippen molar-refractivity contribution in [3.63, 3.8) is 0 Å². The van der Waals surface area contributed by atoms with Crippen LogP contribution in [-0.2, 0) is 0 Å². The molecule has 3 nitrogen and oxygen atoms in total. The first-order valence-electron chi connectivity index (χ1n) is 8.55. The van der Waals surface area contributed by atoms with Crippen molar-refractivity contribution in [3.8, 4) is 5.75 Å². The van der Waals surface area contributed by atoms with Gasteiger partial charge in [0.05, 0.1) is 19.3 Å². The Morgan fingerprint density at radius 1 is 0.885 bits per heavy atom. The smallest absolute Gasteiger partial charge is 0.123 e. The van der Waals surface area contributed by atoms with Crippen molar-refractivity contribution in [3.05, 3.63) is 95.8 Å². The number of hydrogen-bond donors (Lipinski definition) is 2. The van der Waals surface area contributed by atoms with Crippen molar-refractivity contribution in [1.29, 1.82) is 0 Å². The molecular formula is C22H22FNO2. The highest BCUT2D eigenvalue weighted by Crippen LogP contribution is 2.30. The number of nitrogens with one attached hydrogen (secondary N) is 1. The van der Waals surface area contributed by atoms with Crippen LogP contribution in [0, 0.1) is 5.82 Å². The van der Waals surface area contributed by atoms with Gasteiger partial charge in [0.2, 0.25) is 0 Å². The average molecular weight is 351 g/mol. The maximum absolute atomic E-state index is 13.2. The quantitative estimate of drug-likeness (QED) is 0.621. The summed E-state index contributed by atoms with van der Waals surface area (Å²) in [5, 5.41) is 14.1. The monoisotopic (exact) mass is 351 g/mol. The van der Waals surface area contributed by atoms with Crippen molar-refractivity contribution in [1.82, 2.24) is 0 Å². The molecule has 2 unspecified atom stereocenters. The first-order chi connectivity index (χ1) is 12.7. The Hall–Kier alpha value is -2.85. The molecule has 0 aromatic heterocycles. The van der Waals surface area contributed by atoms with E-state index in [4.69, 9.17) is 4.74 Å². The van der Waals surface area contributed by atoms with Crippen LogP contribution >= 0.6 is 0 Å². The van der Waals surface area contributed by atoms with Gasteiger partial charge in [-0.1, -0.05) is 42.5 Å². The number of hydrogen-bond acceptors (Lipinski definition) is 3. The molecule has 3 aromatic rings. The van der Waals surface area contributed by atoms with Crippen LogP contribution in [0.3, 0.4) is 0 Å². The van der Waals surface area contributed by atoms with Crippen LogP contribution in [0.4, 0.5) is 10.1 Å². The summed E-state index contributed by atoms with van der Waals surface area (Å²) in [4.78, 5) is 0. The Kier molecular flexibility index (Phi) is 5.87. The molecule has 2 atom stereocenters. The summed E-state index contributed by atoms with van der Waals surface area (Å²) < 4.78 is 18.3. The van der Waals surface area contributed by atoms with E-state index in [1.54, 1.807) is 19.2 Å². The van der Waals surface area contributed by atoms with E-state index in [0.717, 1.165) is 22.6 Å². The van der Waals surface area contributed by atoms with Crippen molar-refractivity contribution >= 4 is 5.69 Å². The van der Waals surface area contributed by atoms with E-state index in [1.165, 1.54) is 12.1 Å². The summed E-state index contributed by atoms with van der Waals surface area (Å²) in [6, 6.07) is 23.5. The summed E-state index contributed by atoms with van der Waals surface area (Å²) in [6.45, 7) is 0. The number of anilines is 1. The van der Waals surface area contributed by atoms with Crippen molar-refractivity contribution in [2.75, 3.05) is 12.4 Å². The van der Waals surface area contributed by atoms with Crippen LogP contribution in [-0.4, -0.2) is 12.2 Å². The predicted octanol–water partition coefficient (Wildman–Crippen LogP) is 5.11. The highest BCUT2D eigenvalue weighted by atomic mass is 19.1. The largest absolute Gasteiger partial charge is 0.497 e. The lowest BCUT2D eigenvalue weighted by molar-refractivity contribution is 0.160. The van der Waals surface area contributed by atoms with E-state index in [-0.39, 0.29) is 11.9 Å². The van der Waals surface area contributed by atoms with Gasteiger partial charge in [0.25, 0.3) is 0 Å². The standard InChI is InChI=1S/C22H22FNO2/c1-26-20-13-7-17(8-14-20)22(25)15-21(16-5-3-2-4-6-16)24-19-11-9-18(23)10-12-19/h2-14,21-22,24-25H,15H2,1H3. The third-order valence-corrected chi connectivity index (χ3v) is 4.35. The van der Waals surface area contributed by atoms with E-state index in [9.17, 15) is 9.50 Å². The number of aliphatic hydroxyl groups excluding tert-OH is 1. The van der Waals surface area contributed by atoms with Crippen molar-refractivity contribution in [2.45, 2.75) is 18.6 Å². The molecule has 0 fully saturated rings. The van der Waals surface area contributed by atoms with Gasteiger partial charge >= 0.3 is 0 Å². The third-order valence-electron chi connectivity index (χ3n) is 4.35. The molecule has 134 valence electrons. The fourth-order valence-electron chi connectivity index (χ4n) is 2.90. The molecule has 0 bridgehead atoms. The highest BCUT2D eigenvalue weighted by molar-refractivity contribution is 5.45. The van der Waals surface area contributed by atoms with Crippen LogP contribution in [0.25, 0.3) is 0 Å². The molecule has 0 spiro atoms. The zero-order valence-corrected chi connectivity index (χ0v) is 14.6. The molecule has 0 amide bonds. The fourth-order valence-corrected chi connectivity index (χ4v) is 2.90.